The molecule has 0 atom stereocenters. The lowest BCUT2D eigenvalue weighted by molar-refractivity contribution is 0.0430. The maximum Gasteiger partial charge on any atom is 0.0718 e. The molecule has 4 heteroatoms. The van der Waals surface area contributed by atoms with Crippen molar-refractivity contribution in [2.45, 2.75) is 25.9 Å². The fraction of sp³-hybridized carbons (Fsp3) is 1.00. The van der Waals surface area contributed by atoms with Crippen LogP contribution in [0.1, 0.15) is 20.3 Å². The van der Waals surface area contributed by atoms with Gasteiger partial charge in [0.05, 0.1) is 5.60 Å². The van der Waals surface area contributed by atoms with Gasteiger partial charge in [-0.25, -0.2) is 0 Å². The van der Waals surface area contributed by atoms with E-state index in [4.69, 9.17) is 0 Å². The first-order valence-electron chi connectivity index (χ1n) is 6.69. The Balaban J connectivity index is 2.07. The van der Waals surface area contributed by atoms with E-state index in [-0.39, 0.29) is 0 Å². The van der Waals surface area contributed by atoms with E-state index in [2.05, 4.69) is 28.8 Å². The highest BCUT2D eigenvalue weighted by Gasteiger charge is 2.16. The van der Waals surface area contributed by atoms with Crippen molar-refractivity contribution >= 4 is 0 Å². The van der Waals surface area contributed by atoms with Crippen LogP contribution < -0.4 is 0 Å². The molecule has 4 nitrogen and oxygen atoms in total. The van der Waals surface area contributed by atoms with Crippen LogP contribution in [-0.4, -0.2) is 85.3 Å². The summed E-state index contributed by atoms with van der Waals surface area (Å²) in [5, 5.41) is 9.71. The summed E-state index contributed by atoms with van der Waals surface area (Å²) in [5.74, 6) is 0. The van der Waals surface area contributed by atoms with E-state index in [0.717, 1.165) is 13.1 Å². The molecule has 1 saturated heterocycles. The number of nitrogens with zero attached hydrogens (tertiary/aromatic N) is 3. The first-order chi connectivity index (χ1) is 7.87. The summed E-state index contributed by atoms with van der Waals surface area (Å²) in [7, 11) is 4.27. The normalized spacial score (nSPS) is 20.1. The molecule has 1 N–H and O–H groups in total. The molecule has 0 radical (unpaired) electrons. The average Bonchev–Trinajstić information content (AvgIpc) is 2.18. The number of rotatable bonds is 6. The molecule has 17 heavy (non-hydrogen) atoms. The smallest absolute Gasteiger partial charge is 0.0718 e. The Kier molecular flexibility index (Phi) is 5.86. The number of hydrogen-bond acceptors (Lipinski definition) is 4. The zero-order valence-electron chi connectivity index (χ0n) is 11.9. The molecule has 0 aliphatic carbocycles. The van der Waals surface area contributed by atoms with E-state index in [9.17, 15) is 5.11 Å². The van der Waals surface area contributed by atoms with Crippen molar-refractivity contribution in [3.05, 3.63) is 0 Å². The Hall–Kier alpha value is -0.160. The minimum atomic E-state index is -0.581. The maximum absolute atomic E-state index is 9.71. The van der Waals surface area contributed by atoms with Crippen LogP contribution >= 0.6 is 0 Å². The van der Waals surface area contributed by atoms with Gasteiger partial charge in [0, 0.05) is 32.7 Å². The Morgan fingerprint density at radius 2 is 1.76 bits per heavy atom. The van der Waals surface area contributed by atoms with Crippen LogP contribution in [0.3, 0.4) is 0 Å². The highest BCUT2D eigenvalue weighted by molar-refractivity contribution is 4.72. The number of hydrogen-bond donors (Lipinski definition) is 1. The van der Waals surface area contributed by atoms with Gasteiger partial charge in [-0.05, 0) is 47.5 Å². The molecule has 0 unspecified atom stereocenters. The second-order valence-electron chi connectivity index (χ2n) is 6.05. The second kappa shape index (κ2) is 6.69. The van der Waals surface area contributed by atoms with Gasteiger partial charge in [0.25, 0.3) is 0 Å². The topological polar surface area (TPSA) is 30.0 Å². The van der Waals surface area contributed by atoms with Crippen molar-refractivity contribution in [1.29, 1.82) is 0 Å². The highest BCUT2D eigenvalue weighted by Crippen LogP contribution is 2.04. The number of piperazine rings is 1. The van der Waals surface area contributed by atoms with E-state index >= 15 is 0 Å². The molecule has 1 fully saturated rings. The zero-order valence-corrected chi connectivity index (χ0v) is 11.9. The fourth-order valence-corrected chi connectivity index (χ4v) is 2.38. The molecule has 0 amide bonds. The molecule has 1 aliphatic heterocycles. The molecule has 0 aromatic heterocycles. The Labute approximate surface area is 106 Å². The predicted octanol–water partition coefficient (Wildman–Crippen LogP) is 0.327. The van der Waals surface area contributed by atoms with Crippen molar-refractivity contribution < 1.29 is 5.11 Å². The lowest BCUT2D eigenvalue weighted by Gasteiger charge is -2.33. The third-order valence-electron chi connectivity index (χ3n) is 3.27. The maximum atomic E-state index is 9.71. The Bertz CT molecular complexity index is 207. The first-order valence-corrected chi connectivity index (χ1v) is 6.69. The summed E-state index contributed by atoms with van der Waals surface area (Å²) in [4.78, 5) is 7.14. The summed E-state index contributed by atoms with van der Waals surface area (Å²) >= 11 is 0. The minimum absolute atomic E-state index is 0.581. The first kappa shape index (κ1) is 14.9. The van der Waals surface area contributed by atoms with Gasteiger partial charge in [0.15, 0.2) is 0 Å². The Morgan fingerprint density at radius 1 is 1.18 bits per heavy atom. The van der Waals surface area contributed by atoms with Gasteiger partial charge in [-0.3, -0.25) is 0 Å². The van der Waals surface area contributed by atoms with E-state index in [1.807, 2.05) is 13.8 Å². The highest BCUT2D eigenvalue weighted by atomic mass is 16.3. The van der Waals surface area contributed by atoms with Crippen LogP contribution in [-0.2, 0) is 0 Å². The number of likely N-dealkylation sites (N-methyl/N-ethyl adjacent to an activating group) is 2. The monoisotopic (exact) mass is 243 g/mol. The van der Waals surface area contributed by atoms with Crippen molar-refractivity contribution in [1.82, 2.24) is 14.7 Å². The van der Waals surface area contributed by atoms with Gasteiger partial charge >= 0.3 is 0 Å². The van der Waals surface area contributed by atoms with E-state index < -0.39 is 5.60 Å². The minimum Gasteiger partial charge on any atom is -0.389 e. The van der Waals surface area contributed by atoms with Crippen LogP contribution in [0, 0.1) is 0 Å². The van der Waals surface area contributed by atoms with Crippen LogP contribution in [0.25, 0.3) is 0 Å². The molecular formula is C13H29N3O. The second-order valence-corrected chi connectivity index (χ2v) is 6.05. The van der Waals surface area contributed by atoms with Gasteiger partial charge in [0.2, 0.25) is 0 Å². The fourth-order valence-electron chi connectivity index (χ4n) is 2.38. The molecule has 102 valence electrons. The van der Waals surface area contributed by atoms with Crippen LogP contribution in [0.2, 0.25) is 0 Å². The quantitative estimate of drug-likeness (QED) is 0.728. The van der Waals surface area contributed by atoms with Crippen molar-refractivity contribution in [3.8, 4) is 0 Å². The molecule has 0 spiro atoms. The van der Waals surface area contributed by atoms with Crippen LogP contribution in [0.15, 0.2) is 0 Å². The van der Waals surface area contributed by atoms with Crippen molar-refractivity contribution in [2.24, 2.45) is 0 Å². The predicted molar refractivity (Wildman–Crippen MR) is 72.3 cm³/mol. The summed E-state index contributed by atoms with van der Waals surface area (Å²) < 4.78 is 0. The SMILES string of the molecule is CN1CCN(CCCN(C)CC(C)(C)O)CC1. The summed E-state index contributed by atoms with van der Waals surface area (Å²) in [6.07, 6.45) is 1.19. The van der Waals surface area contributed by atoms with Crippen LogP contribution in [0.5, 0.6) is 0 Å². The Morgan fingerprint density at radius 3 is 2.29 bits per heavy atom. The third-order valence-corrected chi connectivity index (χ3v) is 3.27. The van der Waals surface area contributed by atoms with E-state index in [0.29, 0.717) is 0 Å². The summed E-state index contributed by atoms with van der Waals surface area (Å²) in [5.41, 5.74) is -0.581. The van der Waals surface area contributed by atoms with E-state index in [1.165, 1.54) is 39.1 Å². The van der Waals surface area contributed by atoms with Gasteiger partial charge < -0.3 is 19.8 Å². The largest absolute Gasteiger partial charge is 0.389 e. The molecular weight excluding hydrogens is 214 g/mol. The lowest BCUT2D eigenvalue weighted by Crippen LogP contribution is -2.45. The summed E-state index contributed by atoms with van der Waals surface area (Å²) in [6.45, 7) is 11.5. The van der Waals surface area contributed by atoms with Crippen molar-refractivity contribution in [3.63, 3.8) is 0 Å². The van der Waals surface area contributed by atoms with E-state index in [1.54, 1.807) is 0 Å². The third kappa shape index (κ3) is 6.99. The summed E-state index contributed by atoms with van der Waals surface area (Å²) in [6, 6.07) is 0. The van der Waals surface area contributed by atoms with Gasteiger partial charge in [-0.1, -0.05) is 0 Å². The van der Waals surface area contributed by atoms with Gasteiger partial charge in [0.1, 0.15) is 0 Å². The lowest BCUT2D eigenvalue weighted by atomic mass is 10.1. The molecule has 1 aliphatic rings. The molecule has 0 aromatic rings. The number of aliphatic hydroxyl groups is 1. The zero-order chi connectivity index (χ0) is 12.9. The van der Waals surface area contributed by atoms with Crippen molar-refractivity contribution in [2.75, 3.05) is 59.9 Å². The molecule has 1 rings (SSSR count). The molecule has 1 heterocycles. The molecule has 0 bridgehead atoms. The molecule has 0 aromatic carbocycles. The van der Waals surface area contributed by atoms with Gasteiger partial charge in [-0.15, -0.1) is 0 Å². The van der Waals surface area contributed by atoms with Crippen LogP contribution in [0.4, 0.5) is 0 Å². The standard InChI is InChI=1S/C13H29N3O/c1-13(2,17)12-15(4)6-5-7-16-10-8-14(3)9-11-16/h17H,5-12H2,1-4H3. The molecule has 0 saturated carbocycles. The average molecular weight is 243 g/mol. The van der Waals surface area contributed by atoms with Gasteiger partial charge in [-0.2, -0.15) is 0 Å².